The van der Waals surface area contributed by atoms with Crippen molar-refractivity contribution in [3.63, 3.8) is 0 Å². The first-order chi connectivity index (χ1) is 16.7. The molecule has 1 amide bonds. The Balaban J connectivity index is 1.51. The van der Waals surface area contributed by atoms with E-state index in [1.165, 1.54) is 24.0 Å². The van der Waals surface area contributed by atoms with Gasteiger partial charge in [-0.05, 0) is 73.7 Å². The van der Waals surface area contributed by atoms with Crippen molar-refractivity contribution in [3.8, 4) is 5.75 Å². The minimum absolute atomic E-state index is 0.0636. The molecule has 6 heteroatoms. The third-order valence-electron chi connectivity index (χ3n) is 6.25. The van der Waals surface area contributed by atoms with Crippen molar-refractivity contribution in [2.75, 3.05) is 26.2 Å². The smallest absolute Gasteiger partial charge is 0.251 e. The van der Waals surface area contributed by atoms with Crippen LogP contribution >= 0.6 is 0 Å². The maximum absolute atomic E-state index is 12.8. The predicted octanol–water partition coefficient (Wildman–Crippen LogP) is 4.68. The number of imidazole rings is 1. The number of nitrogens with one attached hydrogen (secondary N) is 1. The van der Waals surface area contributed by atoms with Gasteiger partial charge in [0.05, 0.1) is 12.9 Å². The number of fused-ring (bicyclic) bond motifs is 3. The third-order valence-corrected chi connectivity index (χ3v) is 6.25. The topological polar surface area (TPSA) is 59.4 Å². The van der Waals surface area contributed by atoms with Crippen LogP contribution in [0.5, 0.6) is 5.75 Å². The molecule has 1 aromatic heterocycles. The zero-order valence-electron chi connectivity index (χ0n) is 20.2. The van der Waals surface area contributed by atoms with Crippen LogP contribution in [0.1, 0.15) is 59.7 Å². The summed E-state index contributed by atoms with van der Waals surface area (Å²) in [4.78, 5) is 19.4. The molecule has 0 unspecified atom stereocenters. The van der Waals surface area contributed by atoms with Gasteiger partial charge >= 0.3 is 0 Å². The molecule has 0 radical (unpaired) electrons. The van der Waals surface area contributed by atoms with Crippen molar-refractivity contribution in [2.45, 2.75) is 52.1 Å². The molecule has 0 saturated heterocycles. The Morgan fingerprint density at radius 3 is 2.85 bits per heavy atom. The van der Waals surface area contributed by atoms with Gasteiger partial charge in [0.2, 0.25) is 0 Å². The zero-order valence-corrected chi connectivity index (χ0v) is 20.2. The molecular formula is C28H36N4O2. The Morgan fingerprint density at radius 1 is 1.09 bits per heavy atom. The first-order valence-corrected chi connectivity index (χ1v) is 12.5. The fraction of sp³-hybridized carbons (Fsp3) is 0.429. The maximum Gasteiger partial charge on any atom is 0.251 e. The maximum atomic E-state index is 12.8. The van der Waals surface area contributed by atoms with E-state index in [1.807, 2.05) is 29.0 Å². The number of benzene rings is 2. The Bertz CT molecular complexity index is 1050. The summed E-state index contributed by atoms with van der Waals surface area (Å²) in [6.07, 6.45) is 10.7. The lowest BCUT2D eigenvalue weighted by Gasteiger charge is -2.22. The molecule has 1 aliphatic rings. The quantitative estimate of drug-likeness (QED) is 0.580. The molecule has 0 fully saturated rings. The second kappa shape index (κ2) is 12.4. The molecule has 34 heavy (non-hydrogen) atoms. The van der Waals surface area contributed by atoms with Crippen LogP contribution in [0.2, 0.25) is 0 Å². The van der Waals surface area contributed by atoms with Crippen molar-refractivity contribution < 1.29 is 9.53 Å². The van der Waals surface area contributed by atoms with E-state index in [0.717, 1.165) is 50.2 Å². The lowest BCUT2D eigenvalue weighted by molar-refractivity contribution is 0.0952. The van der Waals surface area contributed by atoms with Crippen LogP contribution in [0.3, 0.4) is 0 Å². The van der Waals surface area contributed by atoms with E-state index in [1.54, 1.807) is 12.5 Å². The number of rotatable bonds is 6. The summed E-state index contributed by atoms with van der Waals surface area (Å²) in [5.74, 6) is 0.816. The second-order valence-corrected chi connectivity index (χ2v) is 9.06. The zero-order chi connectivity index (χ0) is 23.6. The number of ether oxygens (including phenoxy) is 1. The van der Waals surface area contributed by atoms with Crippen molar-refractivity contribution in [3.05, 3.63) is 83.4 Å². The van der Waals surface area contributed by atoms with Crippen molar-refractivity contribution >= 4 is 5.91 Å². The SMILES string of the molecule is CCCN1CCCCCOc2ccc(C(=O)NCCn3ccnc3)cc2Cc2cccc(c2)C1. The van der Waals surface area contributed by atoms with Gasteiger partial charge in [-0.3, -0.25) is 9.69 Å². The largest absolute Gasteiger partial charge is 0.493 e. The number of hydrogen-bond acceptors (Lipinski definition) is 4. The fourth-order valence-corrected chi connectivity index (χ4v) is 4.52. The molecular weight excluding hydrogens is 424 g/mol. The van der Waals surface area contributed by atoms with E-state index in [0.29, 0.717) is 25.3 Å². The predicted molar refractivity (Wildman–Crippen MR) is 135 cm³/mol. The molecule has 1 aliphatic heterocycles. The van der Waals surface area contributed by atoms with Crippen LogP contribution in [-0.2, 0) is 19.5 Å². The molecule has 3 aromatic rings. The van der Waals surface area contributed by atoms with Crippen LogP contribution in [0, 0.1) is 0 Å². The van der Waals surface area contributed by atoms with E-state index in [2.05, 4.69) is 46.4 Å². The van der Waals surface area contributed by atoms with Gasteiger partial charge in [0.25, 0.3) is 5.91 Å². The van der Waals surface area contributed by atoms with E-state index >= 15 is 0 Å². The van der Waals surface area contributed by atoms with Gasteiger partial charge in [0, 0.05) is 44.0 Å². The monoisotopic (exact) mass is 460 g/mol. The average Bonchev–Trinajstić information content (AvgIpc) is 3.35. The highest BCUT2D eigenvalue weighted by atomic mass is 16.5. The molecule has 180 valence electrons. The first-order valence-electron chi connectivity index (χ1n) is 12.5. The highest BCUT2D eigenvalue weighted by Gasteiger charge is 2.13. The van der Waals surface area contributed by atoms with E-state index in [4.69, 9.17) is 4.74 Å². The summed E-state index contributed by atoms with van der Waals surface area (Å²) < 4.78 is 8.14. The number of carbonyl (C=O) groups excluding carboxylic acids is 1. The average molecular weight is 461 g/mol. The number of amides is 1. The Hall–Kier alpha value is -3.12. The van der Waals surface area contributed by atoms with Gasteiger partial charge in [-0.25, -0.2) is 4.98 Å². The number of hydrogen-bond donors (Lipinski definition) is 1. The first kappa shape index (κ1) is 24.0. The molecule has 2 bridgehead atoms. The summed E-state index contributed by atoms with van der Waals surface area (Å²) in [6.45, 7) is 7.46. The number of nitrogens with zero attached hydrogens (tertiary/aromatic N) is 3. The van der Waals surface area contributed by atoms with Gasteiger partial charge in [-0.1, -0.05) is 31.2 Å². The highest BCUT2D eigenvalue weighted by Crippen LogP contribution is 2.25. The van der Waals surface area contributed by atoms with Gasteiger partial charge in [-0.2, -0.15) is 0 Å². The van der Waals surface area contributed by atoms with Crippen molar-refractivity contribution in [2.24, 2.45) is 0 Å². The highest BCUT2D eigenvalue weighted by molar-refractivity contribution is 5.94. The minimum Gasteiger partial charge on any atom is -0.493 e. The molecule has 0 atom stereocenters. The minimum atomic E-state index is -0.0636. The summed E-state index contributed by atoms with van der Waals surface area (Å²) in [6, 6.07) is 14.7. The normalized spacial score (nSPS) is 15.1. The van der Waals surface area contributed by atoms with Crippen molar-refractivity contribution in [1.29, 1.82) is 0 Å². The lowest BCUT2D eigenvalue weighted by atomic mass is 9.99. The Morgan fingerprint density at radius 2 is 2.00 bits per heavy atom. The second-order valence-electron chi connectivity index (χ2n) is 9.06. The number of carbonyl (C=O) groups is 1. The van der Waals surface area contributed by atoms with Crippen LogP contribution in [0.25, 0.3) is 0 Å². The van der Waals surface area contributed by atoms with Gasteiger partial charge in [-0.15, -0.1) is 0 Å². The molecule has 0 aliphatic carbocycles. The van der Waals surface area contributed by atoms with Crippen LogP contribution in [-0.4, -0.2) is 46.6 Å². The molecule has 0 saturated carbocycles. The molecule has 2 aromatic carbocycles. The van der Waals surface area contributed by atoms with E-state index in [-0.39, 0.29) is 5.91 Å². The van der Waals surface area contributed by atoms with Crippen LogP contribution < -0.4 is 10.1 Å². The lowest BCUT2D eigenvalue weighted by Crippen LogP contribution is -2.27. The third kappa shape index (κ3) is 6.94. The molecule has 2 heterocycles. The van der Waals surface area contributed by atoms with Gasteiger partial charge < -0.3 is 14.6 Å². The number of aromatic nitrogens is 2. The van der Waals surface area contributed by atoms with E-state index < -0.39 is 0 Å². The summed E-state index contributed by atoms with van der Waals surface area (Å²) >= 11 is 0. The fourth-order valence-electron chi connectivity index (χ4n) is 4.52. The molecule has 0 spiro atoms. The summed E-state index contributed by atoms with van der Waals surface area (Å²) in [5.41, 5.74) is 4.31. The van der Waals surface area contributed by atoms with Gasteiger partial charge in [0.15, 0.2) is 0 Å². The Labute approximate surface area is 203 Å². The summed E-state index contributed by atoms with van der Waals surface area (Å²) in [5, 5.41) is 3.02. The van der Waals surface area contributed by atoms with E-state index in [9.17, 15) is 4.79 Å². The summed E-state index contributed by atoms with van der Waals surface area (Å²) in [7, 11) is 0. The Kier molecular flexibility index (Phi) is 8.74. The van der Waals surface area contributed by atoms with Crippen LogP contribution in [0.4, 0.5) is 0 Å². The standard InChI is InChI=1S/C28H36N4O2/c1-2-13-31-14-4-3-5-17-34-27-10-9-25(28(33)30-12-16-32-15-11-29-22-32)20-26(27)19-23-7-6-8-24(18-23)21-31/h6-11,15,18,20,22H,2-5,12-14,16-17,19,21H2,1H3,(H,30,33). The van der Waals surface area contributed by atoms with Crippen LogP contribution in [0.15, 0.2) is 61.2 Å². The molecule has 1 N–H and O–H groups in total. The molecule has 4 rings (SSSR count). The van der Waals surface area contributed by atoms with Crippen molar-refractivity contribution in [1.82, 2.24) is 19.8 Å². The van der Waals surface area contributed by atoms with Gasteiger partial charge in [0.1, 0.15) is 5.75 Å². The molecule has 6 nitrogen and oxygen atoms in total.